The zero-order valence-corrected chi connectivity index (χ0v) is 13.7. The fraction of sp³-hybridized carbons (Fsp3) is 0.688. The number of ether oxygens (including phenoxy) is 1. The fourth-order valence-electron chi connectivity index (χ4n) is 2.71. The van der Waals surface area contributed by atoms with Gasteiger partial charge in [-0.05, 0) is 51.9 Å². The summed E-state index contributed by atoms with van der Waals surface area (Å²) in [5.41, 5.74) is 0.906. The topological polar surface area (TPSA) is 41.6 Å². The molecule has 21 heavy (non-hydrogen) atoms. The van der Waals surface area contributed by atoms with Gasteiger partial charge in [0.15, 0.2) is 0 Å². The van der Waals surface area contributed by atoms with Crippen molar-refractivity contribution in [3.05, 3.63) is 23.9 Å². The molecule has 0 aromatic heterocycles. The largest absolute Gasteiger partial charge is 0.444 e. The molecule has 0 spiro atoms. The number of carbonyl (C=O) groups excluding carboxylic acids is 1. The second-order valence-electron chi connectivity index (χ2n) is 7.11. The summed E-state index contributed by atoms with van der Waals surface area (Å²) in [6.07, 6.45) is 9.61. The van der Waals surface area contributed by atoms with E-state index >= 15 is 0 Å². The third-order valence-corrected chi connectivity index (χ3v) is 3.88. The summed E-state index contributed by atoms with van der Waals surface area (Å²) < 4.78 is 5.31. The number of hydrogen-bond acceptors (Lipinski definition) is 3. The molecule has 0 radical (unpaired) electrons. The van der Waals surface area contributed by atoms with Gasteiger partial charge in [0.05, 0.1) is 0 Å². The van der Waals surface area contributed by atoms with Gasteiger partial charge in [0, 0.05) is 24.8 Å². The maximum absolute atomic E-state index is 11.8. The van der Waals surface area contributed by atoms with Gasteiger partial charge in [0.1, 0.15) is 13.4 Å². The number of likely N-dealkylation sites (tertiary alicyclic amines) is 1. The van der Waals surface area contributed by atoms with Crippen molar-refractivity contribution in [3.8, 4) is 0 Å². The molecule has 1 unspecified atom stereocenters. The number of nitrogens with zero attached hydrogens (tertiary/aromatic N) is 1. The van der Waals surface area contributed by atoms with Gasteiger partial charge in [-0.3, -0.25) is 0 Å². The van der Waals surface area contributed by atoms with Crippen molar-refractivity contribution < 1.29 is 9.53 Å². The molecule has 2 rings (SSSR count). The first-order valence-electron chi connectivity index (χ1n) is 7.96. The Morgan fingerprint density at radius 1 is 1.38 bits per heavy atom. The molecule has 1 N–H and O–H groups in total. The maximum atomic E-state index is 11.8. The molecule has 1 aliphatic carbocycles. The smallest absolute Gasteiger partial charge is 0.407 e. The van der Waals surface area contributed by atoms with Crippen molar-refractivity contribution >= 4 is 13.9 Å². The summed E-state index contributed by atoms with van der Waals surface area (Å²) in [6, 6.07) is 0.225. The maximum Gasteiger partial charge on any atom is 0.407 e. The highest BCUT2D eigenvalue weighted by Gasteiger charge is 2.24. The van der Waals surface area contributed by atoms with Crippen LogP contribution in [0.5, 0.6) is 0 Å². The normalized spacial score (nSPS) is 23.7. The van der Waals surface area contributed by atoms with E-state index in [1.807, 2.05) is 20.8 Å². The molecule has 1 aliphatic heterocycles. The number of hydrogen-bond donors (Lipinski definition) is 1. The van der Waals surface area contributed by atoms with E-state index in [4.69, 9.17) is 4.74 Å². The second kappa shape index (κ2) is 6.59. The quantitative estimate of drug-likeness (QED) is 0.793. The van der Waals surface area contributed by atoms with Crippen LogP contribution in [0.25, 0.3) is 0 Å². The molecule has 0 aromatic rings. The Morgan fingerprint density at radius 3 is 2.57 bits per heavy atom. The minimum Gasteiger partial charge on any atom is -0.444 e. The molecule has 0 bridgehead atoms. The van der Waals surface area contributed by atoms with E-state index in [-0.39, 0.29) is 12.1 Å². The zero-order chi connectivity index (χ0) is 15.5. The van der Waals surface area contributed by atoms with Gasteiger partial charge in [0.2, 0.25) is 0 Å². The van der Waals surface area contributed by atoms with Crippen molar-refractivity contribution in [2.45, 2.75) is 57.5 Å². The highest BCUT2D eigenvalue weighted by atomic mass is 16.6. The van der Waals surface area contributed by atoms with Gasteiger partial charge in [-0.15, -0.1) is 0 Å². The molecule has 1 atom stereocenters. The summed E-state index contributed by atoms with van der Waals surface area (Å²) in [5, 5.41) is 2.98. The number of alkyl carbamates (subject to hydrolysis) is 1. The first-order chi connectivity index (χ1) is 9.83. The molecule has 116 valence electrons. The lowest BCUT2D eigenvalue weighted by molar-refractivity contribution is 0.0485. The Morgan fingerprint density at radius 2 is 2.05 bits per heavy atom. The molecule has 1 amide bonds. The van der Waals surface area contributed by atoms with Crippen molar-refractivity contribution in [1.82, 2.24) is 10.2 Å². The first kappa shape index (κ1) is 16.0. The molecule has 0 aromatic carbocycles. The highest BCUT2D eigenvalue weighted by molar-refractivity contribution is 6.13. The predicted octanol–water partition coefficient (Wildman–Crippen LogP) is 2.24. The number of amides is 1. The van der Waals surface area contributed by atoms with Crippen LogP contribution in [-0.4, -0.2) is 43.6 Å². The number of rotatable bonds is 2. The molecule has 5 heteroatoms. The average Bonchev–Trinajstić information content (AvgIpc) is 2.38. The van der Waals surface area contributed by atoms with Crippen LogP contribution in [0.3, 0.4) is 0 Å². The number of nitrogens with one attached hydrogen (secondary N) is 1. The van der Waals surface area contributed by atoms with E-state index in [1.165, 1.54) is 5.70 Å². The molecule has 1 heterocycles. The third-order valence-electron chi connectivity index (χ3n) is 3.88. The van der Waals surface area contributed by atoms with Crippen LogP contribution in [0.2, 0.25) is 5.82 Å². The van der Waals surface area contributed by atoms with Crippen LogP contribution < -0.4 is 5.32 Å². The Bertz CT molecular complexity index is 432. The molecule has 2 aliphatic rings. The summed E-state index contributed by atoms with van der Waals surface area (Å²) in [6.45, 7) is 7.64. The summed E-state index contributed by atoms with van der Waals surface area (Å²) in [7, 11) is 2.24. The van der Waals surface area contributed by atoms with E-state index in [2.05, 4.69) is 36.3 Å². The van der Waals surface area contributed by atoms with E-state index in [1.54, 1.807) is 0 Å². The fourth-order valence-corrected chi connectivity index (χ4v) is 2.71. The van der Waals surface area contributed by atoms with Crippen LogP contribution in [0.1, 0.15) is 40.0 Å². The Balaban J connectivity index is 1.76. The van der Waals surface area contributed by atoms with E-state index in [9.17, 15) is 4.79 Å². The molecule has 1 fully saturated rings. The summed E-state index contributed by atoms with van der Waals surface area (Å²) in [4.78, 5) is 14.2. The van der Waals surface area contributed by atoms with Crippen LogP contribution in [0.4, 0.5) is 4.79 Å². The standard InChI is InChI=1S/C16H27BN2O2/c1-16(2,3)21-15(20)18-13-8-10-19(11-9-13)14-6-4-12(17)5-7-14/h4,6-7,12-13H,5,8-11,17H2,1-3H3,(H,18,20). The van der Waals surface area contributed by atoms with E-state index in [0.29, 0.717) is 5.82 Å². The highest BCUT2D eigenvalue weighted by Crippen LogP contribution is 2.23. The van der Waals surface area contributed by atoms with Crippen LogP contribution in [0, 0.1) is 0 Å². The Hall–Kier alpha value is -1.39. The second-order valence-corrected chi connectivity index (χ2v) is 7.11. The number of piperidine rings is 1. The van der Waals surface area contributed by atoms with E-state index < -0.39 is 5.60 Å². The van der Waals surface area contributed by atoms with Gasteiger partial charge < -0.3 is 15.0 Å². The lowest BCUT2D eigenvalue weighted by Crippen LogP contribution is -2.45. The first-order valence-corrected chi connectivity index (χ1v) is 7.96. The SMILES string of the molecule is BC1C=CC(N2CCC(NC(=O)OC(C)(C)C)CC2)=CC1. The minimum absolute atomic E-state index is 0.225. The predicted molar refractivity (Wildman–Crippen MR) is 88.1 cm³/mol. The summed E-state index contributed by atoms with van der Waals surface area (Å²) in [5.74, 6) is 0.653. The lowest BCUT2D eigenvalue weighted by Gasteiger charge is -2.35. The van der Waals surface area contributed by atoms with Gasteiger partial charge in [-0.1, -0.05) is 12.2 Å². The molecule has 4 nitrogen and oxygen atoms in total. The van der Waals surface area contributed by atoms with Crippen molar-refractivity contribution in [2.75, 3.05) is 13.1 Å². The Labute approximate surface area is 129 Å². The van der Waals surface area contributed by atoms with Crippen molar-refractivity contribution in [3.63, 3.8) is 0 Å². The third kappa shape index (κ3) is 5.14. The monoisotopic (exact) mass is 290 g/mol. The molecular formula is C16H27BN2O2. The molecule has 0 saturated carbocycles. The Kier molecular flexibility index (Phi) is 5.02. The minimum atomic E-state index is -0.431. The van der Waals surface area contributed by atoms with Gasteiger partial charge in [-0.2, -0.15) is 0 Å². The number of carbonyl (C=O) groups is 1. The van der Waals surface area contributed by atoms with Crippen molar-refractivity contribution in [2.24, 2.45) is 0 Å². The van der Waals surface area contributed by atoms with Gasteiger partial charge >= 0.3 is 6.09 Å². The van der Waals surface area contributed by atoms with E-state index in [0.717, 1.165) is 32.4 Å². The lowest BCUT2D eigenvalue weighted by atomic mass is 9.81. The van der Waals surface area contributed by atoms with Crippen LogP contribution >= 0.6 is 0 Å². The molecule has 1 saturated heterocycles. The zero-order valence-electron chi connectivity index (χ0n) is 13.7. The van der Waals surface area contributed by atoms with Crippen LogP contribution in [0.15, 0.2) is 23.9 Å². The summed E-state index contributed by atoms with van der Waals surface area (Å²) >= 11 is 0. The average molecular weight is 290 g/mol. The van der Waals surface area contributed by atoms with Crippen molar-refractivity contribution in [1.29, 1.82) is 0 Å². The number of allylic oxidation sites excluding steroid dienone is 3. The van der Waals surface area contributed by atoms with Gasteiger partial charge in [0.25, 0.3) is 0 Å². The van der Waals surface area contributed by atoms with Crippen LogP contribution in [-0.2, 0) is 4.74 Å². The van der Waals surface area contributed by atoms with Gasteiger partial charge in [-0.25, -0.2) is 4.79 Å². The molecular weight excluding hydrogens is 263 g/mol.